The summed E-state index contributed by atoms with van der Waals surface area (Å²) < 4.78 is 5.19. The van der Waals surface area contributed by atoms with Crippen LogP contribution >= 0.6 is 0 Å². The summed E-state index contributed by atoms with van der Waals surface area (Å²) in [4.78, 5) is 26.3. The number of carbonyl (C=O) groups is 2. The fraction of sp³-hybridized carbons (Fsp3) is 0.133. The Hall–Kier alpha value is -2.89. The normalized spacial score (nSPS) is 9.90. The highest BCUT2D eigenvalue weighted by molar-refractivity contribution is 5.88. The van der Waals surface area contributed by atoms with Crippen LogP contribution in [0.1, 0.15) is 16.1 Å². The number of pyridine rings is 1. The summed E-state index contributed by atoms with van der Waals surface area (Å²) in [6.07, 6.45) is 1.35. The largest absolute Gasteiger partial charge is 0.481 e. The quantitative estimate of drug-likeness (QED) is 0.839. The zero-order chi connectivity index (χ0) is 15.1. The second-order valence-electron chi connectivity index (χ2n) is 4.21. The van der Waals surface area contributed by atoms with Crippen LogP contribution in [0.3, 0.4) is 0 Å². The van der Waals surface area contributed by atoms with Crippen molar-refractivity contribution in [1.29, 1.82) is 0 Å². The molecule has 0 saturated heterocycles. The van der Waals surface area contributed by atoms with Gasteiger partial charge in [-0.2, -0.15) is 0 Å². The highest BCUT2D eigenvalue weighted by atomic mass is 16.5. The number of aromatic carboxylic acids is 1. The molecule has 1 aromatic carbocycles. The van der Waals surface area contributed by atoms with E-state index in [2.05, 4.69) is 10.3 Å². The molecule has 0 aliphatic carbocycles. The van der Waals surface area contributed by atoms with Crippen molar-refractivity contribution < 1.29 is 19.4 Å². The molecule has 2 N–H and O–H groups in total. The zero-order valence-electron chi connectivity index (χ0n) is 11.2. The molecule has 0 unspecified atom stereocenters. The van der Waals surface area contributed by atoms with Crippen molar-refractivity contribution in [2.24, 2.45) is 0 Å². The summed E-state index contributed by atoms with van der Waals surface area (Å²) in [5, 5.41) is 11.6. The number of rotatable bonds is 6. The van der Waals surface area contributed by atoms with Crippen LogP contribution in [0.25, 0.3) is 0 Å². The number of nitrogens with one attached hydrogen (secondary N) is 1. The fourth-order valence-corrected chi connectivity index (χ4v) is 1.66. The molecule has 0 saturated carbocycles. The molecule has 2 aromatic rings. The van der Waals surface area contributed by atoms with Crippen molar-refractivity contribution in [2.45, 2.75) is 6.54 Å². The van der Waals surface area contributed by atoms with E-state index < -0.39 is 5.97 Å². The molecule has 0 aliphatic heterocycles. The molecule has 0 bridgehead atoms. The van der Waals surface area contributed by atoms with Gasteiger partial charge in [-0.25, -0.2) is 9.78 Å². The molecule has 0 radical (unpaired) electrons. The number of amides is 1. The van der Waals surface area contributed by atoms with Gasteiger partial charge in [0.25, 0.3) is 5.91 Å². The van der Waals surface area contributed by atoms with E-state index >= 15 is 0 Å². The molecule has 0 spiro atoms. The fourth-order valence-electron chi connectivity index (χ4n) is 1.66. The van der Waals surface area contributed by atoms with Gasteiger partial charge in [-0.15, -0.1) is 0 Å². The van der Waals surface area contributed by atoms with Crippen molar-refractivity contribution >= 4 is 11.9 Å². The first-order valence-electron chi connectivity index (χ1n) is 6.28. The lowest BCUT2D eigenvalue weighted by Crippen LogP contribution is -2.28. The lowest BCUT2D eigenvalue weighted by molar-refractivity contribution is -0.123. The minimum absolute atomic E-state index is 0.0693. The van der Waals surface area contributed by atoms with Gasteiger partial charge >= 0.3 is 5.97 Å². The monoisotopic (exact) mass is 286 g/mol. The van der Waals surface area contributed by atoms with Crippen LogP contribution in [-0.2, 0) is 11.3 Å². The van der Waals surface area contributed by atoms with Crippen LogP contribution in [-0.4, -0.2) is 28.6 Å². The Morgan fingerprint density at radius 2 is 1.90 bits per heavy atom. The number of nitrogens with zero attached hydrogens (tertiary/aromatic N) is 1. The lowest BCUT2D eigenvalue weighted by Gasteiger charge is -2.08. The van der Waals surface area contributed by atoms with Crippen LogP contribution in [0.15, 0.2) is 48.7 Å². The van der Waals surface area contributed by atoms with E-state index in [0.29, 0.717) is 6.54 Å². The standard InChI is InChI=1S/C15H14N2O4/c18-13(17-9-11-5-2-1-3-6-11)10-21-12-7-4-8-16-14(12)15(19)20/h1-8H,9-10H2,(H,17,18)(H,19,20). The summed E-state index contributed by atoms with van der Waals surface area (Å²) in [6.45, 7) is 0.126. The Bertz CT molecular complexity index is 629. The zero-order valence-corrected chi connectivity index (χ0v) is 11.2. The van der Waals surface area contributed by atoms with Gasteiger partial charge in [0.2, 0.25) is 0 Å². The van der Waals surface area contributed by atoms with E-state index in [0.717, 1.165) is 5.56 Å². The van der Waals surface area contributed by atoms with Crippen molar-refractivity contribution in [2.75, 3.05) is 6.61 Å². The van der Waals surface area contributed by atoms with E-state index in [1.165, 1.54) is 12.3 Å². The number of carbonyl (C=O) groups excluding carboxylic acids is 1. The summed E-state index contributed by atoms with van der Waals surface area (Å²) in [5.74, 6) is -1.46. The minimum Gasteiger partial charge on any atom is -0.481 e. The van der Waals surface area contributed by atoms with Crippen LogP contribution < -0.4 is 10.1 Å². The van der Waals surface area contributed by atoms with Crippen molar-refractivity contribution in [3.8, 4) is 5.75 Å². The second-order valence-corrected chi connectivity index (χ2v) is 4.21. The maximum atomic E-state index is 11.7. The predicted molar refractivity (Wildman–Crippen MR) is 75.0 cm³/mol. The van der Waals surface area contributed by atoms with Gasteiger partial charge in [0.15, 0.2) is 18.1 Å². The molecule has 2 rings (SSSR count). The Morgan fingerprint density at radius 1 is 1.14 bits per heavy atom. The van der Waals surface area contributed by atoms with E-state index in [9.17, 15) is 9.59 Å². The molecule has 6 heteroatoms. The van der Waals surface area contributed by atoms with Gasteiger partial charge in [-0.05, 0) is 17.7 Å². The van der Waals surface area contributed by atoms with Gasteiger partial charge in [0, 0.05) is 12.7 Å². The Balaban J connectivity index is 1.86. The molecule has 108 valence electrons. The number of ether oxygens (including phenoxy) is 1. The molecule has 1 aromatic heterocycles. The maximum Gasteiger partial charge on any atom is 0.358 e. The summed E-state index contributed by atoms with van der Waals surface area (Å²) >= 11 is 0. The number of carboxylic acid groups (broad SMARTS) is 1. The maximum absolute atomic E-state index is 11.7. The smallest absolute Gasteiger partial charge is 0.358 e. The van der Waals surface area contributed by atoms with Gasteiger partial charge in [0.1, 0.15) is 0 Å². The first-order valence-corrected chi connectivity index (χ1v) is 6.28. The summed E-state index contributed by atoms with van der Waals surface area (Å²) in [6, 6.07) is 12.4. The third kappa shape index (κ3) is 4.31. The SMILES string of the molecule is O=C(COc1cccnc1C(=O)O)NCc1ccccc1. The third-order valence-electron chi connectivity index (χ3n) is 2.66. The van der Waals surface area contributed by atoms with Crippen LogP contribution in [0.5, 0.6) is 5.75 Å². The van der Waals surface area contributed by atoms with E-state index in [-0.39, 0.29) is 24.0 Å². The average Bonchev–Trinajstić information content (AvgIpc) is 2.52. The van der Waals surface area contributed by atoms with Gasteiger partial charge in [0.05, 0.1) is 0 Å². The molecule has 21 heavy (non-hydrogen) atoms. The molecular formula is C15H14N2O4. The molecule has 1 heterocycles. The molecule has 6 nitrogen and oxygen atoms in total. The minimum atomic E-state index is -1.20. The third-order valence-corrected chi connectivity index (χ3v) is 2.66. The average molecular weight is 286 g/mol. The Kier molecular flexibility index (Phi) is 4.87. The van der Waals surface area contributed by atoms with Crippen LogP contribution in [0, 0.1) is 0 Å². The number of hydrogen-bond acceptors (Lipinski definition) is 4. The topological polar surface area (TPSA) is 88.5 Å². The number of hydrogen-bond donors (Lipinski definition) is 2. The van der Waals surface area contributed by atoms with E-state index in [1.807, 2.05) is 30.3 Å². The van der Waals surface area contributed by atoms with E-state index in [4.69, 9.17) is 9.84 Å². The van der Waals surface area contributed by atoms with Gasteiger partial charge < -0.3 is 15.2 Å². The summed E-state index contributed by atoms with van der Waals surface area (Å²) in [7, 11) is 0. The first kappa shape index (κ1) is 14.5. The van der Waals surface area contributed by atoms with Crippen molar-refractivity contribution in [3.63, 3.8) is 0 Å². The Morgan fingerprint density at radius 3 is 2.62 bits per heavy atom. The van der Waals surface area contributed by atoms with Gasteiger partial charge in [-0.1, -0.05) is 30.3 Å². The van der Waals surface area contributed by atoms with E-state index in [1.54, 1.807) is 6.07 Å². The number of carboxylic acids is 1. The predicted octanol–water partition coefficient (Wildman–Crippen LogP) is 1.47. The highest BCUT2D eigenvalue weighted by Crippen LogP contribution is 2.14. The first-order chi connectivity index (χ1) is 10.2. The highest BCUT2D eigenvalue weighted by Gasteiger charge is 2.13. The van der Waals surface area contributed by atoms with Gasteiger partial charge in [-0.3, -0.25) is 4.79 Å². The number of benzene rings is 1. The number of aromatic nitrogens is 1. The molecule has 1 amide bonds. The molecular weight excluding hydrogens is 272 g/mol. The second kappa shape index (κ2) is 7.04. The van der Waals surface area contributed by atoms with Crippen molar-refractivity contribution in [1.82, 2.24) is 10.3 Å². The Labute approximate surface area is 121 Å². The van der Waals surface area contributed by atoms with Crippen molar-refractivity contribution in [3.05, 3.63) is 59.9 Å². The lowest BCUT2D eigenvalue weighted by atomic mass is 10.2. The van der Waals surface area contributed by atoms with Crippen LogP contribution in [0.4, 0.5) is 0 Å². The molecule has 0 atom stereocenters. The summed E-state index contributed by atoms with van der Waals surface area (Å²) in [5.41, 5.74) is 0.756. The molecule has 0 fully saturated rings. The van der Waals surface area contributed by atoms with Crippen LogP contribution in [0.2, 0.25) is 0 Å². The molecule has 0 aliphatic rings.